The zero-order chi connectivity index (χ0) is 16.1. The Kier molecular flexibility index (Phi) is 5.24. The topological polar surface area (TPSA) is 29.5 Å². The van der Waals surface area contributed by atoms with E-state index in [2.05, 4.69) is 31.2 Å². The van der Waals surface area contributed by atoms with E-state index in [1.807, 2.05) is 4.90 Å². The number of nitrogens with zero attached hydrogens (tertiary/aromatic N) is 1. The summed E-state index contributed by atoms with van der Waals surface area (Å²) in [7, 11) is 0. The summed E-state index contributed by atoms with van der Waals surface area (Å²) < 4.78 is 5.79. The van der Waals surface area contributed by atoms with Gasteiger partial charge in [0, 0.05) is 13.1 Å². The molecule has 1 aliphatic heterocycles. The van der Waals surface area contributed by atoms with Crippen molar-refractivity contribution >= 4 is 6.41 Å². The first kappa shape index (κ1) is 16.4. The number of amides is 1. The molecule has 1 aliphatic carbocycles. The number of unbranched alkanes of at least 4 members (excludes halogenated alkanes) is 1. The maximum Gasteiger partial charge on any atom is 0.209 e. The number of likely N-dealkylation sites (tertiary alicyclic amines) is 1. The number of carbonyl (C=O) groups excluding carboxylic acids is 1. The van der Waals surface area contributed by atoms with Crippen molar-refractivity contribution in [2.75, 3.05) is 19.7 Å². The van der Waals surface area contributed by atoms with Gasteiger partial charge in [-0.1, -0.05) is 24.1 Å². The van der Waals surface area contributed by atoms with Gasteiger partial charge in [-0.05, 0) is 68.9 Å². The number of carbonyl (C=O) groups is 1. The lowest BCUT2D eigenvalue weighted by atomic mass is 9.56. The number of hydrogen-bond donors (Lipinski definition) is 0. The van der Waals surface area contributed by atoms with Crippen LogP contribution in [0.5, 0.6) is 5.75 Å². The molecular formula is C20H29NO2. The van der Waals surface area contributed by atoms with Crippen LogP contribution in [-0.2, 0) is 4.79 Å². The van der Waals surface area contributed by atoms with E-state index in [0.717, 1.165) is 44.2 Å². The first-order valence-electron chi connectivity index (χ1n) is 9.08. The number of benzene rings is 1. The zero-order valence-corrected chi connectivity index (χ0v) is 14.3. The Morgan fingerprint density at radius 3 is 2.52 bits per heavy atom. The molecule has 23 heavy (non-hydrogen) atoms. The van der Waals surface area contributed by atoms with Crippen LogP contribution >= 0.6 is 0 Å². The highest BCUT2D eigenvalue weighted by Gasteiger charge is 2.44. The minimum Gasteiger partial charge on any atom is -0.494 e. The molecule has 1 saturated heterocycles. The number of rotatable bonds is 7. The van der Waals surface area contributed by atoms with Crippen LogP contribution in [-0.4, -0.2) is 31.0 Å². The van der Waals surface area contributed by atoms with Crippen LogP contribution in [0.1, 0.15) is 50.5 Å². The molecule has 2 aliphatic rings. The summed E-state index contributed by atoms with van der Waals surface area (Å²) in [6.07, 6.45) is 9.99. The Bertz CT molecular complexity index is 495. The summed E-state index contributed by atoms with van der Waals surface area (Å²) in [5, 5.41) is 0. The molecule has 0 N–H and O–H groups in total. The Labute approximate surface area is 140 Å². The molecule has 3 heteroatoms. The molecule has 2 fully saturated rings. The van der Waals surface area contributed by atoms with Gasteiger partial charge in [0.1, 0.15) is 5.75 Å². The summed E-state index contributed by atoms with van der Waals surface area (Å²) >= 11 is 0. The van der Waals surface area contributed by atoms with E-state index in [4.69, 9.17) is 4.74 Å². The molecule has 1 saturated carbocycles. The largest absolute Gasteiger partial charge is 0.494 e. The minimum absolute atomic E-state index is 0.586. The molecule has 0 unspecified atom stereocenters. The molecule has 0 atom stereocenters. The SMILES string of the molecule is Cc1ccc(OCCCCC2CC3(CCN(C=O)CC3)C2)cc1. The van der Waals surface area contributed by atoms with Crippen molar-refractivity contribution in [3.63, 3.8) is 0 Å². The number of hydrogen-bond acceptors (Lipinski definition) is 2. The van der Waals surface area contributed by atoms with Gasteiger partial charge < -0.3 is 9.64 Å². The van der Waals surface area contributed by atoms with Gasteiger partial charge in [0.15, 0.2) is 0 Å². The van der Waals surface area contributed by atoms with E-state index in [9.17, 15) is 4.79 Å². The number of ether oxygens (including phenoxy) is 1. The van der Waals surface area contributed by atoms with Gasteiger partial charge in [-0.2, -0.15) is 0 Å². The van der Waals surface area contributed by atoms with Gasteiger partial charge in [0.25, 0.3) is 0 Å². The van der Waals surface area contributed by atoms with Crippen LogP contribution in [0.4, 0.5) is 0 Å². The normalized spacial score (nSPS) is 20.3. The first-order valence-corrected chi connectivity index (χ1v) is 9.08. The van der Waals surface area contributed by atoms with Crippen molar-refractivity contribution in [1.29, 1.82) is 0 Å². The summed E-state index contributed by atoms with van der Waals surface area (Å²) in [4.78, 5) is 12.7. The second-order valence-electron chi connectivity index (χ2n) is 7.57. The predicted octanol–water partition coefficient (Wildman–Crippen LogP) is 4.19. The average molecular weight is 315 g/mol. The van der Waals surface area contributed by atoms with Gasteiger partial charge in [0.05, 0.1) is 6.61 Å². The van der Waals surface area contributed by atoms with Crippen LogP contribution in [0, 0.1) is 18.3 Å². The van der Waals surface area contributed by atoms with Crippen molar-refractivity contribution in [1.82, 2.24) is 4.90 Å². The second kappa shape index (κ2) is 7.37. The number of piperidine rings is 1. The standard InChI is InChI=1S/C20H29NO2/c1-17-5-7-19(8-6-17)23-13-3-2-4-18-14-20(15-18)9-11-21(16-22)12-10-20/h5-8,16,18H,2-4,9-15H2,1H3. The molecule has 1 aromatic carbocycles. The van der Waals surface area contributed by atoms with Crippen molar-refractivity contribution in [2.45, 2.75) is 51.9 Å². The molecule has 1 amide bonds. The van der Waals surface area contributed by atoms with Gasteiger partial charge in [0.2, 0.25) is 6.41 Å². The first-order chi connectivity index (χ1) is 11.2. The van der Waals surface area contributed by atoms with Gasteiger partial charge in [-0.25, -0.2) is 0 Å². The van der Waals surface area contributed by atoms with Crippen LogP contribution in [0.3, 0.4) is 0 Å². The Hall–Kier alpha value is -1.51. The van der Waals surface area contributed by atoms with E-state index in [1.165, 1.54) is 44.1 Å². The van der Waals surface area contributed by atoms with Crippen molar-refractivity contribution < 1.29 is 9.53 Å². The van der Waals surface area contributed by atoms with Crippen molar-refractivity contribution in [3.8, 4) is 5.75 Å². The molecule has 3 rings (SSSR count). The molecule has 3 nitrogen and oxygen atoms in total. The lowest BCUT2D eigenvalue weighted by molar-refractivity contribution is -0.122. The molecule has 1 spiro atoms. The summed E-state index contributed by atoms with van der Waals surface area (Å²) in [6.45, 7) is 4.87. The summed E-state index contributed by atoms with van der Waals surface area (Å²) in [6, 6.07) is 8.30. The quantitative estimate of drug-likeness (QED) is 0.558. The highest BCUT2D eigenvalue weighted by atomic mass is 16.5. The second-order valence-corrected chi connectivity index (χ2v) is 7.57. The smallest absolute Gasteiger partial charge is 0.209 e. The summed E-state index contributed by atoms with van der Waals surface area (Å²) in [5.41, 5.74) is 1.86. The monoisotopic (exact) mass is 315 g/mol. The highest BCUT2D eigenvalue weighted by molar-refractivity contribution is 5.47. The van der Waals surface area contributed by atoms with Gasteiger partial charge in [-0.15, -0.1) is 0 Å². The third-order valence-corrected chi connectivity index (χ3v) is 5.75. The van der Waals surface area contributed by atoms with Crippen LogP contribution in [0.2, 0.25) is 0 Å². The number of aryl methyl sites for hydroxylation is 1. The third kappa shape index (κ3) is 4.27. The van der Waals surface area contributed by atoms with E-state index in [-0.39, 0.29) is 0 Å². The van der Waals surface area contributed by atoms with Crippen LogP contribution in [0.15, 0.2) is 24.3 Å². The molecule has 126 valence electrons. The fourth-order valence-corrected chi connectivity index (χ4v) is 4.24. The Balaban J connectivity index is 1.25. The maximum absolute atomic E-state index is 10.8. The van der Waals surface area contributed by atoms with Crippen LogP contribution in [0.25, 0.3) is 0 Å². The Morgan fingerprint density at radius 2 is 1.87 bits per heavy atom. The molecule has 1 aromatic rings. The van der Waals surface area contributed by atoms with E-state index in [0.29, 0.717) is 5.41 Å². The average Bonchev–Trinajstić information content (AvgIpc) is 2.55. The Morgan fingerprint density at radius 1 is 1.17 bits per heavy atom. The fourth-order valence-electron chi connectivity index (χ4n) is 4.24. The maximum atomic E-state index is 10.8. The zero-order valence-electron chi connectivity index (χ0n) is 14.3. The molecule has 1 heterocycles. The lowest BCUT2D eigenvalue weighted by Crippen LogP contribution is -2.46. The van der Waals surface area contributed by atoms with Gasteiger partial charge in [-0.3, -0.25) is 4.79 Å². The molecule has 0 bridgehead atoms. The van der Waals surface area contributed by atoms with Crippen molar-refractivity contribution in [2.24, 2.45) is 11.3 Å². The minimum atomic E-state index is 0.586. The van der Waals surface area contributed by atoms with Crippen molar-refractivity contribution in [3.05, 3.63) is 29.8 Å². The van der Waals surface area contributed by atoms with E-state index < -0.39 is 0 Å². The van der Waals surface area contributed by atoms with E-state index in [1.54, 1.807) is 0 Å². The fraction of sp³-hybridized carbons (Fsp3) is 0.650. The van der Waals surface area contributed by atoms with E-state index >= 15 is 0 Å². The molecular weight excluding hydrogens is 286 g/mol. The highest BCUT2D eigenvalue weighted by Crippen LogP contribution is 2.53. The summed E-state index contributed by atoms with van der Waals surface area (Å²) in [5.74, 6) is 1.90. The third-order valence-electron chi connectivity index (χ3n) is 5.75. The predicted molar refractivity (Wildman–Crippen MR) is 92.6 cm³/mol. The molecule has 0 aromatic heterocycles. The lowest BCUT2D eigenvalue weighted by Gasteiger charge is -2.52. The van der Waals surface area contributed by atoms with Crippen LogP contribution < -0.4 is 4.74 Å². The van der Waals surface area contributed by atoms with Gasteiger partial charge >= 0.3 is 0 Å². The molecule has 0 radical (unpaired) electrons.